The third-order valence-corrected chi connectivity index (χ3v) is 4.38. The van der Waals surface area contributed by atoms with Crippen molar-refractivity contribution in [3.63, 3.8) is 0 Å². The number of hydrogen-bond acceptors (Lipinski definition) is 3. The van der Waals surface area contributed by atoms with Crippen LogP contribution in [0.1, 0.15) is 30.5 Å². The highest BCUT2D eigenvalue weighted by Gasteiger charge is 2.11. The van der Waals surface area contributed by atoms with E-state index in [4.69, 9.17) is 0 Å². The molecule has 0 bridgehead atoms. The molecule has 0 heterocycles. The lowest BCUT2D eigenvalue weighted by Crippen LogP contribution is -2.00. The molecule has 0 atom stereocenters. The fourth-order valence-corrected chi connectivity index (χ4v) is 3.15. The van der Waals surface area contributed by atoms with Crippen molar-refractivity contribution in [3.05, 3.63) is 53.1 Å². The number of nitrogens with zero attached hydrogens (tertiary/aromatic N) is 1. The van der Waals surface area contributed by atoms with Crippen LogP contribution in [0, 0.1) is 18.3 Å². The Bertz CT molecular complexity index is 671. The van der Waals surface area contributed by atoms with E-state index in [1.54, 1.807) is 11.8 Å². The molecule has 2 aromatic carbocycles. The topological polar surface area (TPSA) is 35.8 Å². The second-order valence-corrected chi connectivity index (χ2v) is 6.12. The standard InChI is InChI=1S/C18H20N2S/c1-4-14-9-6-8-13(3)18(14)20-16-10-7-11-17(21-5-2)15(16)12-19/h6-11,20H,4-5H2,1-3H3. The van der Waals surface area contributed by atoms with Gasteiger partial charge in [-0.1, -0.05) is 38.1 Å². The van der Waals surface area contributed by atoms with Gasteiger partial charge in [-0.2, -0.15) is 5.26 Å². The van der Waals surface area contributed by atoms with Crippen molar-refractivity contribution in [1.82, 2.24) is 0 Å². The molecule has 0 aliphatic heterocycles. The van der Waals surface area contributed by atoms with E-state index in [-0.39, 0.29) is 0 Å². The highest BCUT2D eigenvalue weighted by atomic mass is 32.2. The highest BCUT2D eigenvalue weighted by molar-refractivity contribution is 7.99. The van der Waals surface area contributed by atoms with E-state index in [0.717, 1.165) is 34.0 Å². The van der Waals surface area contributed by atoms with E-state index in [9.17, 15) is 5.26 Å². The predicted molar refractivity (Wildman–Crippen MR) is 91.4 cm³/mol. The molecule has 0 saturated carbocycles. The van der Waals surface area contributed by atoms with Gasteiger partial charge in [-0.15, -0.1) is 11.8 Å². The van der Waals surface area contributed by atoms with Crippen molar-refractivity contribution in [2.24, 2.45) is 0 Å². The summed E-state index contributed by atoms with van der Waals surface area (Å²) >= 11 is 1.70. The summed E-state index contributed by atoms with van der Waals surface area (Å²) in [5.41, 5.74) is 5.21. The second kappa shape index (κ2) is 7.19. The Balaban J connectivity index is 2.46. The summed E-state index contributed by atoms with van der Waals surface area (Å²) in [6.07, 6.45) is 0.968. The zero-order valence-corrected chi connectivity index (χ0v) is 13.6. The molecule has 0 saturated heterocycles. The molecule has 3 heteroatoms. The zero-order chi connectivity index (χ0) is 15.2. The largest absolute Gasteiger partial charge is 0.354 e. The molecule has 0 amide bonds. The molecule has 108 valence electrons. The smallest absolute Gasteiger partial charge is 0.103 e. The fourth-order valence-electron chi connectivity index (χ4n) is 2.36. The van der Waals surface area contributed by atoms with E-state index in [1.807, 2.05) is 18.2 Å². The number of nitrogens with one attached hydrogen (secondary N) is 1. The normalized spacial score (nSPS) is 10.2. The number of aryl methyl sites for hydroxylation is 2. The third kappa shape index (κ3) is 3.40. The summed E-state index contributed by atoms with van der Waals surface area (Å²) in [5, 5.41) is 13.0. The van der Waals surface area contributed by atoms with E-state index in [2.05, 4.69) is 50.4 Å². The van der Waals surface area contributed by atoms with Crippen LogP contribution in [0.4, 0.5) is 11.4 Å². The molecule has 1 N–H and O–H groups in total. The summed E-state index contributed by atoms with van der Waals surface area (Å²) in [7, 11) is 0. The van der Waals surface area contributed by atoms with Crippen LogP contribution in [0.2, 0.25) is 0 Å². The van der Waals surface area contributed by atoms with Gasteiger partial charge >= 0.3 is 0 Å². The number of anilines is 2. The number of benzene rings is 2. The average Bonchev–Trinajstić information content (AvgIpc) is 2.50. The Hall–Kier alpha value is -1.92. The Morgan fingerprint density at radius 3 is 2.57 bits per heavy atom. The van der Waals surface area contributed by atoms with Gasteiger partial charge in [-0.25, -0.2) is 0 Å². The number of para-hydroxylation sites is 1. The number of hydrogen-bond donors (Lipinski definition) is 1. The van der Waals surface area contributed by atoms with Crippen LogP contribution >= 0.6 is 11.8 Å². The van der Waals surface area contributed by atoms with Gasteiger partial charge in [-0.05, 0) is 42.4 Å². The molecule has 21 heavy (non-hydrogen) atoms. The molecule has 0 aliphatic carbocycles. The maximum Gasteiger partial charge on any atom is 0.103 e. The van der Waals surface area contributed by atoms with Gasteiger partial charge in [0, 0.05) is 10.6 Å². The number of thioether (sulfide) groups is 1. The van der Waals surface area contributed by atoms with Crippen molar-refractivity contribution < 1.29 is 0 Å². The van der Waals surface area contributed by atoms with Crippen LogP contribution < -0.4 is 5.32 Å². The molecule has 0 aromatic heterocycles. The number of rotatable bonds is 5. The van der Waals surface area contributed by atoms with Gasteiger partial charge in [0.05, 0.1) is 11.3 Å². The van der Waals surface area contributed by atoms with Crippen molar-refractivity contribution in [1.29, 1.82) is 5.26 Å². The third-order valence-electron chi connectivity index (χ3n) is 3.44. The molecule has 2 rings (SSSR count). The van der Waals surface area contributed by atoms with Gasteiger partial charge in [-0.3, -0.25) is 0 Å². The lowest BCUT2D eigenvalue weighted by molar-refractivity contribution is 1.13. The minimum atomic E-state index is 0.731. The van der Waals surface area contributed by atoms with Crippen LogP contribution in [-0.4, -0.2) is 5.75 Å². The zero-order valence-electron chi connectivity index (χ0n) is 12.7. The second-order valence-electron chi connectivity index (χ2n) is 4.81. The summed E-state index contributed by atoms with van der Waals surface area (Å²) in [6.45, 7) is 6.34. The fraction of sp³-hybridized carbons (Fsp3) is 0.278. The van der Waals surface area contributed by atoms with Crippen molar-refractivity contribution in [3.8, 4) is 6.07 Å². The quantitative estimate of drug-likeness (QED) is 0.762. The van der Waals surface area contributed by atoms with Crippen molar-refractivity contribution in [2.75, 3.05) is 11.1 Å². The summed E-state index contributed by atoms with van der Waals surface area (Å²) in [5.74, 6) is 0.961. The van der Waals surface area contributed by atoms with Gasteiger partial charge in [0.25, 0.3) is 0 Å². The first-order valence-electron chi connectivity index (χ1n) is 7.22. The summed E-state index contributed by atoms with van der Waals surface area (Å²) < 4.78 is 0. The van der Waals surface area contributed by atoms with Gasteiger partial charge < -0.3 is 5.32 Å². The molecular formula is C18H20N2S. The average molecular weight is 296 g/mol. The minimum absolute atomic E-state index is 0.731. The Labute approximate surface area is 131 Å². The summed E-state index contributed by atoms with van der Waals surface area (Å²) in [6, 6.07) is 14.6. The molecule has 2 aromatic rings. The van der Waals surface area contributed by atoms with Gasteiger partial charge in [0.15, 0.2) is 0 Å². The summed E-state index contributed by atoms with van der Waals surface area (Å²) in [4.78, 5) is 1.04. The van der Waals surface area contributed by atoms with Gasteiger partial charge in [0.1, 0.15) is 6.07 Å². The Kier molecular flexibility index (Phi) is 5.30. The predicted octanol–water partition coefficient (Wildman–Crippen LogP) is 5.28. The molecule has 0 radical (unpaired) electrons. The van der Waals surface area contributed by atoms with Crippen LogP contribution in [0.5, 0.6) is 0 Å². The molecule has 0 fully saturated rings. The SMILES string of the molecule is CCSc1cccc(Nc2c(C)cccc2CC)c1C#N. The van der Waals surface area contributed by atoms with E-state index < -0.39 is 0 Å². The first-order valence-corrected chi connectivity index (χ1v) is 8.21. The first kappa shape index (κ1) is 15.5. The van der Waals surface area contributed by atoms with E-state index in [1.165, 1.54) is 11.1 Å². The van der Waals surface area contributed by atoms with Crippen LogP contribution in [0.25, 0.3) is 0 Å². The first-order chi connectivity index (χ1) is 10.2. The molecule has 0 spiro atoms. The Morgan fingerprint density at radius 1 is 1.14 bits per heavy atom. The lowest BCUT2D eigenvalue weighted by atomic mass is 10.0. The van der Waals surface area contributed by atoms with Crippen LogP contribution in [0.15, 0.2) is 41.3 Å². The molecule has 0 aliphatic rings. The maximum absolute atomic E-state index is 9.50. The van der Waals surface area contributed by atoms with Crippen molar-refractivity contribution in [2.45, 2.75) is 32.1 Å². The highest BCUT2D eigenvalue weighted by Crippen LogP contribution is 2.32. The molecular weight excluding hydrogens is 276 g/mol. The Morgan fingerprint density at radius 2 is 1.90 bits per heavy atom. The molecule has 0 unspecified atom stereocenters. The number of nitriles is 1. The van der Waals surface area contributed by atoms with Crippen molar-refractivity contribution >= 4 is 23.1 Å². The van der Waals surface area contributed by atoms with Crippen LogP contribution in [0.3, 0.4) is 0 Å². The van der Waals surface area contributed by atoms with Crippen LogP contribution in [-0.2, 0) is 6.42 Å². The monoisotopic (exact) mass is 296 g/mol. The minimum Gasteiger partial charge on any atom is -0.354 e. The van der Waals surface area contributed by atoms with E-state index in [0.29, 0.717) is 0 Å². The van der Waals surface area contributed by atoms with Gasteiger partial charge in [0.2, 0.25) is 0 Å². The lowest BCUT2D eigenvalue weighted by Gasteiger charge is -2.16. The molecule has 2 nitrogen and oxygen atoms in total. The maximum atomic E-state index is 9.50. The van der Waals surface area contributed by atoms with E-state index >= 15 is 0 Å².